The van der Waals surface area contributed by atoms with E-state index in [1.54, 1.807) is 0 Å². The van der Waals surface area contributed by atoms with E-state index in [0.717, 1.165) is 12.8 Å². The normalized spacial score (nSPS) is 12.7. The van der Waals surface area contributed by atoms with E-state index in [0.29, 0.717) is 0 Å². The van der Waals surface area contributed by atoms with Gasteiger partial charge in [0.05, 0.1) is 7.11 Å². The molecule has 0 spiro atoms. The Hall–Kier alpha value is -0.860. The molecule has 0 aromatic carbocycles. The maximum atomic E-state index is 11.3. The zero-order valence-corrected chi connectivity index (χ0v) is 8.79. The average molecular weight is 186 g/mol. The molecule has 1 atom stereocenters. The van der Waals surface area contributed by atoms with Crippen molar-refractivity contribution in [3.05, 3.63) is 0 Å². The van der Waals surface area contributed by atoms with E-state index in [9.17, 15) is 9.59 Å². The minimum absolute atomic E-state index is 0.0967. The summed E-state index contributed by atoms with van der Waals surface area (Å²) in [6.45, 7) is 5.40. The van der Waals surface area contributed by atoms with Gasteiger partial charge in [-0.3, -0.25) is 9.59 Å². The summed E-state index contributed by atoms with van der Waals surface area (Å²) in [5.41, 5.74) is 0. The first-order valence-electron chi connectivity index (χ1n) is 4.66. The van der Waals surface area contributed by atoms with Crippen molar-refractivity contribution in [2.45, 2.75) is 33.6 Å². The number of ketones is 1. The summed E-state index contributed by atoms with van der Waals surface area (Å²) in [6, 6.07) is 0. The number of Topliss-reactive ketones (excluding diaryl/α,β-unsaturated/α-hetero) is 1. The maximum absolute atomic E-state index is 11.3. The second kappa shape index (κ2) is 5.73. The minimum Gasteiger partial charge on any atom is -0.468 e. The van der Waals surface area contributed by atoms with Crippen molar-refractivity contribution in [1.82, 2.24) is 0 Å². The number of esters is 1. The standard InChI is InChI=1S/C10H18O3/c1-5-8(6-2)9(7(3)11)10(12)13-4/h8-9H,5-6H2,1-4H3. The highest BCUT2D eigenvalue weighted by molar-refractivity contribution is 5.97. The summed E-state index contributed by atoms with van der Waals surface area (Å²) in [7, 11) is 1.32. The molecule has 0 radical (unpaired) electrons. The molecule has 1 unspecified atom stereocenters. The molecule has 0 fully saturated rings. The van der Waals surface area contributed by atoms with Crippen molar-refractivity contribution in [2.24, 2.45) is 11.8 Å². The molecule has 0 bridgehead atoms. The fourth-order valence-electron chi connectivity index (χ4n) is 1.58. The van der Waals surface area contributed by atoms with Gasteiger partial charge in [-0.25, -0.2) is 0 Å². The Labute approximate surface area is 79.5 Å². The minimum atomic E-state index is -0.569. The Balaban J connectivity index is 4.57. The van der Waals surface area contributed by atoms with Crippen LogP contribution in [0.5, 0.6) is 0 Å². The number of carbonyl (C=O) groups excluding carboxylic acids is 2. The lowest BCUT2D eigenvalue weighted by molar-refractivity contribution is -0.151. The van der Waals surface area contributed by atoms with Crippen LogP contribution in [0.4, 0.5) is 0 Å². The lowest BCUT2D eigenvalue weighted by Gasteiger charge is -2.19. The van der Waals surface area contributed by atoms with Crippen LogP contribution in [0.3, 0.4) is 0 Å². The number of hydrogen-bond acceptors (Lipinski definition) is 3. The molecular formula is C10H18O3. The molecule has 0 rings (SSSR count). The first-order chi connectivity index (χ1) is 6.08. The Morgan fingerprint density at radius 3 is 1.92 bits per heavy atom. The summed E-state index contributed by atoms with van der Waals surface area (Å²) in [5, 5.41) is 0. The van der Waals surface area contributed by atoms with Crippen molar-refractivity contribution in [2.75, 3.05) is 7.11 Å². The summed E-state index contributed by atoms with van der Waals surface area (Å²) in [5.74, 6) is -0.952. The van der Waals surface area contributed by atoms with Crippen molar-refractivity contribution >= 4 is 11.8 Å². The molecular weight excluding hydrogens is 168 g/mol. The Morgan fingerprint density at radius 2 is 1.69 bits per heavy atom. The molecule has 0 aliphatic heterocycles. The summed E-state index contributed by atoms with van der Waals surface area (Å²) < 4.78 is 4.60. The zero-order chi connectivity index (χ0) is 10.4. The number of ether oxygens (including phenoxy) is 1. The fourth-order valence-corrected chi connectivity index (χ4v) is 1.58. The van der Waals surface area contributed by atoms with Crippen LogP contribution in [0, 0.1) is 11.8 Å². The molecule has 3 heteroatoms. The second-order valence-electron chi connectivity index (χ2n) is 3.19. The predicted octanol–water partition coefficient (Wildman–Crippen LogP) is 1.80. The number of hydrogen-bond donors (Lipinski definition) is 0. The first kappa shape index (κ1) is 12.1. The van der Waals surface area contributed by atoms with Crippen molar-refractivity contribution in [1.29, 1.82) is 0 Å². The van der Waals surface area contributed by atoms with Gasteiger partial charge in [0.15, 0.2) is 0 Å². The molecule has 0 heterocycles. The first-order valence-corrected chi connectivity index (χ1v) is 4.66. The molecule has 0 saturated heterocycles. The molecule has 0 aliphatic carbocycles. The number of methoxy groups -OCH3 is 1. The van der Waals surface area contributed by atoms with Gasteiger partial charge < -0.3 is 4.74 Å². The molecule has 0 N–H and O–H groups in total. The highest BCUT2D eigenvalue weighted by Gasteiger charge is 2.30. The van der Waals surface area contributed by atoms with Gasteiger partial charge in [-0.05, 0) is 12.8 Å². The van der Waals surface area contributed by atoms with E-state index in [2.05, 4.69) is 4.74 Å². The van der Waals surface area contributed by atoms with Crippen LogP contribution < -0.4 is 0 Å². The van der Waals surface area contributed by atoms with Gasteiger partial charge in [-0.2, -0.15) is 0 Å². The van der Waals surface area contributed by atoms with E-state index in [-0.39, 0.29) is 11.7 Å². The van der Waals surface area contributed by atoms with E-state index in [1.165, 1.54) is 14.0 Å². The lowest BCUT2D eigenvalue weighted by Crippen LogP contribution is -2.30. The monoisotopic (exact) mass is 186 g/mol. The Bertz CT molecular complexity index is 183. The maximum Gasteiger partial charge on any atom is 0.316 e. The molecule has 0 aliphatic rings. The smallest absolute Gasteiger partial charge is 0.316 e. The Kier molecular flexibility index (Phi) is 5.35. The lowest BCUT2D eigenvalue weighted by atomic mass is 9.85. The predicted molar refractivity (Wildman–Crippen MR) is 50.3 cm³/mol. The van der Waals surface area contributed by atoms with Crippen LogP contribution in [0.15, 0.2) is 0 Å². The molecule has 0 saturated carbocycles. The quantitative estimate of drug-likeness (QED) is 0.485. The van der Waals surface area contributed by atoms with Crippen molar-refractivity contribution < 1.29 is 14.3 Å². The van der Waals surface area contributed by atoms with Crippen LogP contribution in [-0.2, 0) is 14.3 Å². The van der Waals surface area contributed by atoms with E-state index in [4.69, 9.17) is 0 Å². The molecule has 76 valence electrons. The van der Waals surface area contributed by atoms with Gasteiger partial charge in [0.2, 0.25) is 0 Å². The third-order valence-electron chi connectivity index (χ3n) is 2.41. The van der Waals surface area contributed by atoms with Gasteiger partial charge in [0, 0.05) is 0 Å². The van der Waals surface area contributed by atoms with Gasteiger partial charge >= 0.3 is 5.97 Å². The van der Waals surface area contributed by atoms with Crippen LogP contribution >= 0.6 is 0 Å². The molecule has 0 aromatic rings. The average Bonchev–Trinajstić information content (AvgIpc) is 2.12. The fraction of sp³-hybridized carbons (Fsp3) is 0.800. The van der Waals surface area contributed by atoms with E-state index in [1.807, 2.05) is 13.8 Å². The van der Waals surface area contributed by atoms with E-state index < -0.39 is 11.9 Å². The van der Waals surface area contributed by atoms with Crippen LogP contribution in [0.1, 0.15) is 33.6 Å². The summed E-state index contributed by atoms with van der Waals surface area (Å²) in [6.07, 6.45) is 1.66. The van der Waals surface area contributed by atoms with Crippen LogP contribution in [0.2, 0.25) is 0 Å². The molecule has 3 nitrogen and oxygen atoms in total. The third kappa shape index (κ3) is 3.17. The Morgan fingerprint density at radius 1 is 1.23 bits per heavy atom. The van der Waals surface area contributed by atoms with Gasteiger partial charge in [0.25, 0.3) is 0 Å². The van der Waals surface area contributed by atoms with Crippen molar-refractivity contribution in [3.63, 3.8) is 0 Å². The molecule has 0 aromatic heterocycles. The second-order valence-corrected chi connectivity index (χ2v) is 3.19. The largest absolute Gasteiger partial charge is 0.468 e. The topological polar surface area (TPSA) is 43.4 Å². The van der Waals surface area contributed by atoms with Gasteiger partial charge in [-0.15, -0.1) is 0 Å². The summed E-state index contributed by atoms with van der Waals surface area (Å²) in [4.78, 5) is 22.5. The third-order valence-corrected chi connectivity index (χ3v) is 2.41. The molecule has 0 amide bonds. The highest BCUT2D eigenvalue weighted by atomic mass is 16.5. The molecule has 13 heavy (non-hydrogen) atoms. The van der Waals surface area contributed by atoms with Crippen LogP contribution in [-0.4, -0.2) is 18.9 Å². The summed E-state index contributed by atoms with van der Waals surface area (Å²) >= 11 is 0. The zero-order valence-electron chi connectivity index (χ0n) is 8.79. The number of carbonyl (C=O) groups is 2. The SMILES string of the molecule is CCC(CC)C(C(C)=O)C(=O)OC. The van der Waals surface area contributed by atoms with Gasteiger partial charge in [-0.1, -0.05) is 26.7 Å². The van der Waals surface area contributed by atoms with Crippen LogP contribution in [0.25, 0.3) is 0 Å². The van der Waals surface area contributed by atoms with E-state index >= 15 is 0 Å². The van der Waals surface area contributed by atoms with Gasteiger partial charge in [0.1, 0.15) is 11.7 Å². The highest BCUT2D eigenvalue weighted by Crippen LogP contribution is 2.21. The van der Waals surface area contributed by atoms with Crippen molar-refractivity contribution in [3.8, 4) is 0 Å². The number of rotatable bonds is 5.